The summed E-state index contributed by atoms with van der Waals surface area (Å²) in [6.07, 6.45) is 6.80. The number of fused-ring (bicyclic) bond motifs is 3. The topological polar surface area (TPSA) is 76.8 Å². The molecule has 7 nitrogen and oxygen atoms in total. The summed E-state index contributed by atoms with van der Waals surface area (Å²) >= 11 is 0. The Bertz CT molecular complexity index is 741. The van der Waals surface area contributed by atoms with Crippen molar-refractivity contribution in [1.82, 2.24) is 29.6 Å². The molecule has 0 N–H and O–H groups in total. The van der Waals surface area contributed by atoms with Crippen LogP contribution in [0.1, 0.15) is 48.8 Å². The molecule has 0 unspecified atom stereocenters. The number of carbonyl (C=O) groups is 1. The molecule has 24 heavy (non-hydrogen) atoms. The van der Waals surface area contributed by atoms with Crippen molar-refractivity contribution in [3.8, 4) is 0 Å². The van der Waals surface area contributed by atoms with Gasteiger partial charge in [0.25, 0.3) is 5.91 Å². The van der Waals surface area contributed by atoms with Crippen LogP contribution in [-0.4, -0.2) is 47.6 Å². The summed E-state index contributed by atoms with van der Waals surface area (Å²) in [5.74, 6) is 2.60. The van der Waals surface area contributed by atoms with Gasteiger partial charge in [-0.25, -0.2) is 9.97 Å². The summed E-state index contributed by atoms with van der Waals surface area (Å²) in [4.78, 5) is 23.0. The molecule has 1 fully saturated rings. The molecule has 7 heteroatoms. The van der Waals surface area contributed by atoms with E-state index in [1.165, 1.54) is 6.33 Å². The zero-order valence-electron chi connectivity index (χ0n) is 14.1. The van der Waals surface area contributed by atoms with Gasteiger partial charge < -0.3 is 9.47 Å². The Kier molecular flexibility index (Phi) is 3.78. The zero-order valence-corrected chi connectivity index (χ0v) is 14.1. The highest BCUT2D eigenvalue weighted by atomic mass is 16.2. The van der Waals surface area contributed by atoms with Gasteiger partial charge in [-0.2, -0.15) is 0 Å². The van der Waals surface area contributed by atoms with E-state index >= 15 is 0 Å². The molecule has 1 amide bonds. The molecule has 0 spiro atoms. The first-order chi connectivity index (χ1) is 11.6. The van der Waals surface area contributed by atoms with Crippen LogP contribution < -0.4 is 0 Å². The Morgan fingerprint density at radius 1 is 1.29 bits per heavy atom. The van der Waals surface area contributed by atoms with E-state index in [0.717, 1.165) is 43.9 Å². The Hall–Kier alpha value is -2.31. The molecule has 2 atom stereocenters. The second kappa shape index (κ2) is 5.96. The molecule has 2 aliphatic heterocycles. The Balaban J connectivity index is 1.63. The molecule has 126 valence electrons. The number of nitrogens with zero attached hydrogens (tertiary/aromatic N) is 6. The third-order valence-electron chi connectivity index (χ3n) is 4.96. The molecule has 0 aliphatic carbocycles. The van der Waals surface area contributed by atoms with Crippen LogP contribution in [0, 0.1) is 5.92 Å². The molecule has 2 aromatic rings. The quantitative estimate of drug-likeness (QED) is 0.854. The highest BCUT2D eigenvalue weighted by molar-refractivity contribution is 5.92. The van der Waals surface area contributed by atoms with E-state index in [2.05, 4.69) is 38.6 Å². The number of amides is 1. The second-order valence-electron chi connectivity index (χ2n) is 7.14. The average Bonchev–Trinajstić information content (AvgIpc) is 3.07. The minimum Gasteiger partial charge on any atom is -0.329 e. The molecule has 0 aromatic carbocycles. The second-order valence-corrected chi connectivity index (χ2v) is 7.14. The molecule has 4 heterocycles. The van der Waals surface area contributed by atoms with Gasteiger partial charge in [-0.3, -0.25) is 4.79 Å². The van der Waals surface area contributed by atoms with Crippen molar-refractivity contribution in [2.75, 3.05) is 0 Å². The third kappa shape index (κ3) is 2.57. The smallest absolute Gasteiger partial charge is 0.273 e. The van der Waals surface area contributed by atoms with Crippen molar-refractivity contribution in [2.45, 2.75) is 58.2 Å². The fourth-order valence-electron chi connectivity index (χ4n) is 3.89. The largest absolute Gasteiger partial charge is 0.329 e. The Morgan fingerprint density at radius 3 is 2.88 bits per heavy atom. The summed E-state index contributed by atoms with van der Waals surface area (Å²) in [6.45, 7) is 5.17. The monoisotopic (exact) mass is 326 g/mol. The number of hydrogen-bond donors (Lipinski definition) is 0. The van der Waals surface area contributed by atoms with Crippen LogP contribution >= 0.6 is 0 Å². The number of hydrogen-bond acceptors (Lipinski definition) is 5. The summed E-state index contributed by atoms with van der Waals surface area (Å²) in [5, 5.41) is 8.80. The van der Waals surface area contributed by atoms with Gasteiger partial charge in [0.15, 0.2) is 0 Å². The van der Waals surface area contributed by atoms with Crippen LogP contribution in [0.2, 0.25) is 0 Å². The van der Waals surface area contributed by atoms with Crippen LogP contribution in [0.5, 0.6) is 0 Å². The molecular formula is C17H22N6O. The van der Waals surface area contributed by atoms with Crippen LogP contribution in [0.4, 0.5) is 0 Å². The molecule has 1 saturated heterocycles. The lowest BCUT2D eigenvalue weighted by Crippen LogP contribution is -2.42. The summed E-state index contributed by atoms with van der Waals surface area (Å²) in [5.41, 5.74) is 0.474. The normalized spacial score (nSPS) is 22.5. The average molecular weight is 326 g/mol. The lowest BCUT2D eigenvalue weighted by atomic mass is 10.1. The van der Waals surface area contributed by atoms with Crippen molar-refractivity contribution in [2.24, 2.45) is 5.92 Å². The fraction of sp³-hybridized carbons (Fsp3) is 0.588. The Labute approximate surface area is 141 Å². The van der Waals surface area contributed by atoms with Gasteiger partial charge in [0.2, 0.25) is 0 Å². The predicted molar refractivity (Wildman–Crippen MR) is 87.3 cm³/mol. The maximum atomic E-state index is 12.9. The lowest BCUT2D eigenvalue weighted by Gasteiger charge is -2.27. The Morgan fingerprint density at radius 2 is 2.12 bits per heavy atom. The van der Waals surface area contributed by atoms with E-state index in [0.29, 0.717) is 11.6 Å². The third-order valence-corrected chi connectivity index (χ3v) is 4.96. The molecule has 2 bridgehead atoms. The van der Waals surface area contributed by atoms with E-state index in [1.54, 1.807) is 12.3 Å². The van der Waals surface area contributed by atoms with Crippen molar-refractivity contribution in [3.05, 3.63) is 35.9 Å². The van der Waals surface area contributed by atoms with Crippen molar-refractivity contribution < 1.29 is 4.79 Å². The molecule has 0 saturated carbocycles. The first-order valence-electron chi connectivity index (χ1n) is 8.63. The van der Waals surface area contributed by atoms with Gasteiger partial charge in [-0.05, 0) is 24.8 Å². The van der Waals surface area contributed by atoms with Gasteiger partial charge in [-0.1, -0.05) is 13.8 Å². The molecule has 4 rings (SSSR count). The summed E-state index contributed by atoms with van der Waals surface area (Å²) < 4.78 is 2.24. The number of aromatic nitrogens is 5. The highest BCUT2D eigenvalue weighted by Crippen LogP contribution is 2.32. The maximum Gasteiger partial charge on any atom is 0.273 e. The van der Waals surface area contributed by atoms with E-state index in [-0.39, 0.29) is 18.0 Å². The van der Waals surface area contributed by atoms with Crippen LogP contribution in [0.25, 0.3) is 0 Å². The van der Waals surface area contributed by atoms with E-state index in [4.69, 9.17) is 0 Å². The van der Waals surface area contributed by atoms with E-state index in [1.807, 2.05) is 4.90 Å². The van der Waals surface area contributed by atoms with Crippen molar-refractivity contribution >= 4 is 5.91 Å². The number of carbonyl (C=O) groups excluding carboxylic acids is 1. The zero-order chi connectivity index (χ0) is 16.7. The molecule has 0 radical (unpaired) electrons. The molecule has 2 aromatic heterocycles. The molecule has 2 aliphatic rings. The van der Waals surface area contributed by atoms with Gasteiger partial charge in [0.1, 0.15) is 23.7 Å². The van der Waals surface area contributed by atoms with Crippen LogP contribution in [-0.2, 0) is 19.4 Å². The SMILES string of the molecule is CC(C)Cc1nnc2n1C[C@H]1CC[C@@H](C2)N1C(=O)c1ccncn1. The van der Waals surface area contributed by atoms with Crippen molar-refractivity contribution in [3.63, 3.8) is 0 Å². The van der Waals surface area contributed by atoms with Gasteiger partial charge in [0, 0.05) is 31.6 Å². The van der Waals surface area contributed by atoms with E-state index < -0.39 is 0 Å². The number of rotatable bonds is 3. The van der Waals surface area contributed by atoms with Crippen LogP contribution in [0.3, 0.4) is 0 Å². The molecular weight excluding hydrogens is 304 g/mol. The van der Waals surface area contributed by atoms with Crippen molar-refractivity contribution in [1.29, 1.82) is 0 Å². The van der Waals surface area contributed by atoms with Gasteiger partial charge >= 0.3 is 0 Å². The maximum absolute atomic E-state index is 12.9. The highest BCUT2D eigenvalue weighted by Gasteiger charge is 2.41. The predicted octanol–water partition coefficient (Wildman–Crippen LogP) is 1.50. The standard InChI is InChI=1S/C17H22N6O/c1-11(2)7-15-20-21-16-8-12-3-4-13(9-22(15)16)23(12)17(24)14-5-6-18-10-19-14/h5-6,10-13H,3-4,7-9H2,1-2H3/t12-,13+/m0/s1. The fourth-order valence-corrected chi connectivity index (χ4v) is 3.89. The van der Waals surface area contributed by atoms with Crippen LogP contribution in [0.15, 0.2) is 18.6 Å². The lowest BCUT2D eigenvalue weighted by molar-refractivity contribution is 0.0658. The minimum absolute atomic E-state index is 0.00835. The minimum atomic E-state index is 0.00835. The van der Waals surface area contributed by atoms with E-state index in [9.17, 15) is 4.79 Å². The van der Waals surface area contributed by atoms with Gasteiger partial charge in [-0.15, -0.1) is 10.2 Å². The first-order valence-corrected chi connectivity index (χ1v) is 8.63. The van der Waals surface area contributed by atoms with Gasteiger partial charge in [0.05, 0.1) is 6.04 Å². The summed E-state index contributed by atoms with van der Waals surface area (Å²) in [6, 6.07) is 2.08. The first kappa shape index (κ1) is 15.2. The summed E-state index contributed by atoms with van der Waals surface area (Å²) in [7, 11) is 0.